The van der Waals surface area contributed by atoms with E-state index in [-0.39, 0.29) is 12.4 Å². The average molecular weight is 362 g/mol. The Bertz CT molecular complexity index is 761. The van der Waals surface area contributed by atoms with Crippen LogP contribution in [0.3, 0.4) is 0 Å². The Morgan fingerprint density at radius 3 is 2.46 bits per heavy atom. The van der Waals surface area contributed by atoms with E-state index in [0.717, 1.165) is 0 Å². The van der Waals surface area contributed by atoms with Gasteiger partial charge in [0.05, 0.1) is 26.4 Å². The second-order valence-corrected chi connectivity index (χ2v) is 5.90. The number of carbonyl (C=O) groups is 2. The highest BCUT2D eigenvalue weighted by atomic mass is 16.6. The van der Waals surface area contributed by atoms with Gasteiger partial charge >= 0.3 is 11.9 Å². The van der Waals surface area contributed by atoms with Crippen LogP contribution in [0.4, 0.5) is 0 Å². The van der Waals surface area contributed by atoms with E-state index in [2.05, 4.69) is 4.74 Å². The molecule has 0 saturated carbocycles. The van der Waals surface area contributed by atoms with Crippen molar-refractivity contribution in [3.8, 4) is 11.5 Å². The Hall–Kier alpha value is -2.96. The van der Waals surface area contributed by atoms with Crippen LogP contribution in [0.5, 0.6) is 11.5 Å². The molecule has 7 heteroatoms. The van der Waals surface area contributed by atoms with E-state index in [9.17, 15) is 9.59 Å². The summed E-state index contributed by atoms with van der Waals surface area (Å²) in [7, 11) is 2.76. The fourth-order valence-electron chi connectivity index (χ4n) is 2.06. The summed E-state index contributed by atoms with van der Waals surface area (Å²) in [6.45, 7) is 4.52. The molecular formula is C19H22O7. The second kappa shape index (κ2) is 8.94. The van der Waals surface area contributed by atoms with Gasteiger partial charge in [-0.3, -0.25) is 0 Å². The molecule has 0 aliphatic rings. The van der Waals surface area contributed by atoms with E-state index < -0.39 is 11.9 Å². The minimum Gasteiger partial charge on any atom is -0.493 e. The molecule has 0 aliphatic heterocycles. The Balaban J connectivity index is 2.00. The Morgan fingerprint density at radius 2 is 1.81 bits per heavy atom. The lowest BCUT2D eigenvalue weighted by atomic mass is 10.2. The second-order valence-electron chi connectivity index (χ2n) is 5.90. The fourth-order valence-corrected chi connectivity index (χ4v) is 2.06. The van der Waals surface area contributed by atoms with Crippen LogP contribution in [-0.2, 0) is 16.1 Å². The van der Waals surface area contributed by atoms with Crippen LogP contribution in [0.1, 0.15) is 40.5 Å². The molecule has 0 aliphatic carbocycles. The third-order valence-electron chi connectivity index (χ3n) is 3.37. The highest BCUT2D eigenvalue weighted by molar-refractivity contribution is 5.90. The van der Waals surface area contributed by atoms with Gasteiger partial charge in [-0.1, -0.05) is 13.8 Å². The van der Waals surface area contributed by atoms with Crippen molar-refractivity contribution < 1.29 is 33.0 Å². The lowest BCUT2D eigenvalue weighted by molar-refractivity contribution is 0.0438. The zero-order chi connectivity index (χ0) is 19.1. The number of furan rings is 1. The number of rotatable bonds is 8. The highest BCUT2D eigenvalue weighted by Crippen LogP contribution is 2.29. The van der Waals surface area contributed by atoms with Crippen LogP contribution in [0.15, 0.2) is 34.7 Å². The minimum atomic E-state index is -0.593. The van der Waals surface area contributed by atoms with Crippen LogP contribution in [-0.4, -0.2) is 32.8 Å². The van der Waals surface area contributed by atoms with Gasteiger partial charge in [0.25, 0.3) is 0 Å². The predicted molar refractivity (Wildman–Crippen MR) is 92.5 cm³/mol. The number of methoxy groups -OCH3 is 2. The molecule has 0 saturated heterocycles. The molecule has 0 bridgehead atoms. The van der Waals surface area contributed by atoms with Gasteiger partial charge in [0.15, 0.2) is 11.5 Å². The summed E-state index contributed by atoms with van der Waals surface area (Å²) in [6, 6.07) is 7.82. The topological polar surface area (TPSA) is 84.2 Å². The van der Waals surface area contributed by atoms with Crippen molar-refractivity contribution in [1.29, 1.82) is 0 Å². The molecule has 140 valence electrons. The van der Waals surface area contributed by atoms with Crippen molar-refractivity contribution in [3.63, 3.8) is 0 Å². The number of benzene rings is 1. The van der Waals surface area contributed by atoms with Crippen LogP contribution in [0.25, 0.3) is 0 Å². The van der Waals surface area contributed by atoms with Gasteiger partial charge in [-0.2, -0.15) is 0 Å². The Morgan fingerprint density at radius 1 is 1.04 bits per heavy atom. The summed E-state index contributed by atoms with van der Waals surface area (Å²) in [5.74, 6) is 0.624. The average Bonchev–Trinajstić information content (AvgIpc) is 3.12. The first kappa shape index (κ1) is 19.4. The molecular weight excluding hydrogens is 340 g/mol. The quantitative estimate of drug-likeness (QED) is 0.665. The maximum Gasteiger partial charge on any atom is 0.373 e. The van der Waals surface area contributed by atoms with E-state index in [0.29, 0.717) is 35.3 Å². The normalized spacial score (nSPS) is 10.5. The van der Waals surface area contributed by atoms with Crippen molar-refractivity contribution >= 4 is 11.9 Å². The molecule has 0 amide bonds. The first-order chi connectivity index (χ1) is 12.4. The summed E-state index contributed by atoms with van der Waals surface area (Å²) < 4.78 is 25.9. The molecule has 2 rings (SSSR count). The van der Waals surface area contributed by atoms with Gasteiger partial charge in [-0.05, 0) is 36.2 Å². The Kier molecular flexibility index (Phi) is 6.66. The maximum atomic E-state index is 12.2. The number of carbonyl (C=O) groups excluding carboxylic acids is 2. The molecule has 0 N–H and O–H groups in total. The standard InChI is InChI=1S/C19H22O7/c1-12(2)10-24-15-7-5-13(9-17(15)22-3)18(20)25-11-14-6-8-16(26-14)19(21)23-4/h5-9,12H,10-11H2,1-4H3. The van der Waals surface area contributed by atoms with Crippen LogP contribution in [0.2, 0.25) is 0 Å². The van der Waals surface area contributed by atoms with Gasteiger partial charge in [0, 0.05) is 0 Å². The monoisotopic (exact) mass is 362 g/mol. The minimum absolute atomic E-state index is 0.0480. The van der Waals surface area contributed by atoms with Gasteiger partial charge in [-0.25, -0.2) is 9.59 Å². The summed E-state index contributed by atoms with van der Waals surface area (Å²) in [6.07, 6.45) is 0. The molecule has 0 atom stereocenters. The fraction of sp³-hybridized carbons (Fsp3) is 0.368. The number of esters is 2. The first-order valence-corrected chi connectivity index (χ1v) is 8.09. The lowest BCUT2D eigenvalue weighted by Gasteiger charge is -2.13. The van der Waals surface area contributed by atoms with Gasteiger partial charge in [0.2, 0.25) is 5.76 Å². The smallest absolute Gasteiger partial charge is 0.373 e. The van der Waals surface area contributed by atoms with Crippen molar-refractivity contribution in [2.24, 2.45) is 5.92 Å². The van der Waals surface area contributed by atoms with E-state index in [1.807, 2.05) is 13.8 Å². The summed E-state index contributed by atoms with van der Waals surface area (Å²) in [5.41, 5.74) is 0.318. The zero-order valence-electron chi connectivity index (χ0n) is 15.2. The van der Waals surface area contributed by atoms with Crippen LogP contribution >= 0.6 is 0 Å². The first-order valence-electron chi connectivity index (χ1n) is 8.09. The van der Waals surface area contributed by atoms with Crippen LogP contribution in [0, 0.1) is 5.92 Å². The van der Waals surface area contributed by atoms with E-state index in [4.69, 9.17) is 18.6 Å². The molecule has 7 nitrogen and oxygen atoms in total. The summed E-state index contributed by atoms with van der Waals surface area (Å²) >= 11 is 0. The zero-order valence-corrected chi connectivity index (χ0v) is 15.2. The van der Waals surface area contributed by atoms with E-state index >= 15 is 0 Å². The van der Waals surface area contributed by atoms with Crippen molar-refractivity contribution in [2.75, 3.05) is 20.8 Å². The van der Waals surface area contributed by atoms with Crippen molar-refractivity contribution in [3.05, 3.63) is 47.4 Å². The molecule has 26 heavy (non-hydrogen) atoms. The van der Waals surface area contributed by atoms with Gasteiger partial charge in [-0.15, -0.1) is 0 Å². The SMILES string of the molecule is COC(=O)c1ccc(COC(=O)c2ccc(OCC(C)C)c(OC)c2)o1. The third kappa shape index (κ3) is 5.02. The van der Waals surface area contributed by atoms with Crippen LogP contribution < -0.4 is 9.47 Å². The molecule has 2 aromatic rings. The number of hydrogen-bond donors (Lipinski definition) is 0. The number of hydrogen-bond acceptors (Lipinski definition) is 7. The maximum absolute atomic E-state index is 12.2. The molecule has 1 aromatic heterocycles. The Labute approximate surface area is 151 Å². The summed E-state index contributed by atoms with van der Waals surface area (Å²) in [5, 5.41) is 0. The lowest BCUT2D eigenvalue weighted by Crippen LogP contribution is -2.08. The highest BCUT2D eigenvalue weighted by Gasteiger charge is 2.15. The van der Waals surface area contributed by atoms with E-state index in [1.54, 1.807) is 24.3 Å². The van der Waals surface area contributed by atoms with Crippen molar-refractivity contribution in [1.82, 2.24) is 0 Å². The summed E-state index contributed by atoms with van der Waals surface area (Å²) in [4.78, 5) is 23.5. The molecule has 1 aromatic carbocycles. The van der Waals surface area contributed by atoms with E-state index in [1.165, 1.54) is 20.3 Å². The van der Waals surface area contributed by atoms with Gasteiger partial charge in [0.1, 0.15) is 12.4 Å². The molecule has 0 spiro atoms. The third-order valence-corrected chi connectivity index (χ3v) is 3.37. The number of ether oxygens (including phenoxy) is 4. The molecule has 0 fully saturated rings. The molecule has 1 heterocycles. The molecule has 0 radical (unpaired) electrons. The van der Waals surface area contributed by atoms with Crippen molar-refractivity contribution in [2.45, 2.75) is 20.5 Å². The molecule has 0 unspecified atom stereocenters. The van der Waals surface area contributed by atoms with Gasteiger partial charge < -0.3 is 23.4 Å². The largest absolute Gasteiger partial charge is 0.493 e. The predicted octanol–water partition coefficient (Wildman–Crippen LogP) is 3.47.